The van der Waals surface area contributed by atoms with Crippen LogP contribution in [-0.2, 0) is 19.4 Å². The fourth-order valence-corrected chi connectivity index (χ4v) is 1.48. The predicted molar refractivity (Wildman–Crippen MR) is 58.2 cm³/mol. The van der Waals surface area contributed by atoms with E-state index in [2.05, 4.69) is 30.0 Å². The normalized spacial score (nSPS) is 10.2. The molecular weight excluding hydrogens is 188 g/mol. The highest BCUT2D eigenvalue weighted by Gasteiger charge is 2.05. The van der Waals surface area contributed by atoms with Gasteiger partial charge in [-0.2, -0.15) is 10.4 Å². The lowest BCUT2D eigenvalue weighted by molar-refractivity contribution is 0.536. The lowest BCUT2D eigenvalue weighted by Crippen LogP contribution is -2.05. The van der Waals surface area contributed by atoms with Gasteiger partial charge < -0.3 is 0 Å². The van der Waals surface area contributed by atoms with E-state index in [4.69, 9.17) is 5.26 Å². The molecule has 1 aromatic heterocycles. The van der Waals surface area contributed by atoms with Gasteiger partial charge in [0.05, 0.1) is 6.07 Å². The molecule has 1 rings (SSSR count). The van der Waals surface area contributed by atoms with Gasteiger partial charge >= 0.3 is 0 Å². The van der Waals surface area contributed by atoms with Crippen molar-refractivity contribution in [2.24, 2.45) is 0 Å². The summed E-state index contributed by atoms with van der Waals surface area (Å²) in [5.74, 6) is 1.98. The molecule has 0 saturated heterocycles. The number of hydrogen-bond acceptors (Lipinski definition) is 3. The summed E-state index contributed by atoms with van der Waals surface area (Å²) in [6, 6.07) is 2.15. The number of rotatable bonds is 6. The molecule has 4 heteroatoms. The maximum absolute atomic E-state index is 8.42. The standard InChI is InChI=1S/C11H18N4/c1-3-10-13-11(4-2)15(14-10)9-7-5-6-8-12/h3-7,9H2,1-2H3. The average molecular weight is 206 g/mol. The van der Waals surface area contributed by atoms with E-state index < -0.39 is 0 Å². The van der Waals surface area contributed by atoms with E-state index in [0.717, 1.165) is 43.9 Å². The van der Waals surface area contributed by atoms with E-state index in [9.17, 15) is 0 Å². The van der Waals surface area contributed by atoms with Crippen molar-refractivity contribution in [2.75, 3.05) is 0 Å². The number of aromatic nitrogens is 3. The zero-order valence-electron chi connectivity index (χ0n) is 9.53. The van der Waals surface area contributed by atoms with Gasteiger partial charge in [-0.15, -0.1) is 0 Å². The molecule has 0 amide bonds. The monoisotopic (exact) mass is 206 g/mol. The Morgan fingerprint density at radius 2 is 2.07 bits per heavy atom. The van der Waals surface area contributed by atoms with Gasteiger partial charge in [-0.25, -0.2) is 9.67 Å². The van der Waals surface area contributed by atoms with Crippen molar-refractivity contribution in [3.63, 3.8) is 0 Å². The maximum atomic E-state index is 8.42. The molecule has 0 bridgehead atoms. The minimum absolute atomic E-state index is 0.636. The summed E-state index contributed by atoms with van der Waals surface area (Å²) < 4.78 is 1.98. The largest absolute Gasteiger partial charge is 0.250 e. The van der Waals surface area contributed by atoms with Crippen molar-refractivity contribution in [2.45, 2.75) is 52.5 Å². The third kappa shape index (κ3) is 3.35. The molecule has 0 fully saturated rings. The smallest absolute Gasteiger partial charge is 0.150 e. The quantitative estimate of drug-likeness (QED) is 0.670. The lowest BCUT2D eigenvalue weighted by Gasteiger charge is -2.02. The Labute approximate surface area is 90.9 Å². The van der Waals surface area contributed by atoms with Gasteiger partial charge in [0.15, 0.2) is 5.82 Å². The van der Waals surface area contributed by atoms with E-state index in [1.54, 1.807) is 0 Å². The van der Waals surface area contributed by atoms with Crippen molar-refractivity contribution in [3.8, 4) is 6.07 Å². The Bertz CT molecular complexity index is 335. The molecule has 0 saturated carbocycles. The number of hydrogen-bond donors (Lipinski definition) is 0. The second-order valence-electron chi connectivity index (χ2n) is 3.49. The molecule has 0 atom stereocenters. The van der Waals surface area contributed by atoms with Crippen LogP contribution in [0.25, 0.3) is 0 Å². The Morgan fingerprint density at radius 3 is 2.67 bits per heavy atom. The van der Waals surface area contributed by atoms with Gasteiger partial charge in [-0.3, -0.25) is 0 Å². The first-order chi connectivity index (χ1) is 7.31. The van der Waals surface area contributed by atoms with Crippen LogP contribution >= 0.6 is 0 Å². The van der Waals surface area contributed by atoms with Crippen LogP contribution in [0.4, 0.5) is 0 Å². The fourth-order valence-electron chi connectivity index (χ4n) is 1.48. The molecular formula is C11H18N4. The number of nitriles is 1. The fraction of sp³-hybridized carbons (Fsp3) is 0.727. The highest BCUT2D eigenvalue weighted by atomic mass is 15.3. The summed E-state index contributed by atoms with van der Waals surface area (Å²) in [6.45, 7) is 5.04. The van der Waals surface area contributed by atoms with E-state index in [1.165, 1.54) is 0 Å². The molecule has 0 aliphatic heterocycles. The third-order valence-corrected chi connectivity index (χ3v) is 2.33. The topological polar surface area (TPSA) is 54.5 Å². The molecule has 15 heavy (non-hydrogen) atoms. The Morgan fingerprint density at radius 1 is 1.27 bits per heavy atom. The van der Waals surface area contributed by atoms with Crippen LogP contribution < -0.4 is 0 Å². The molecule has 1 aromatic rings. The van der Waals surface area contributed by atoms with Crippen LogP contribution in [0.15, 0.2) is 0 Å². The highest BCUT2D eigenvalue weighted by molar-refractivity contribution is 4.92. The lowest BCUT2D eigenvalue weighted by atomic mass is 10.2. The van der Waals surface area contributed by atoms with E-state index in [0.29, 0.717) is 6.42 Å². The summed E-state index contributed by atoms with van der Waals surface area (Å²) in [6.07, 6.45) is 4.40. The molecule has 0 aliphatic rings. The third-order valence-electron chi connectivity index (χ3n) is 2.33. The Kier molecular flexibility index (Phi) is 4.82. The van der Waals surface area contributed by atoms with Crippen LogP contribution in [0.1, 0.15) is 44.8 Å². The van der Waals surface area contributed by atoms with Gasteiger partial charge in [-0.05, 0) is 12.8 Å². The summed E-state index contributed by atoms with van der Waals surface area (Å²) in [4.78, 5) is 4.43. The van der Waals surface area contributed by atoms with Gasteiger partial charge in [0, 0.05) is 25.8 Å². The minimum atomic E-state index is 0.636. The van der Waals surface area contributed by atoms with Crippen molar-refractivity contribution in [3.05, 3.63) is 11.6 Å². The molecule has 0 spiro atoms. The van der Waals surface area contributed by atoms with E-state index in [-0.39, 0.29) is 0 Å². The van der Waals surface area contributed by atoms with Gasteiger partial charge in [-0.1, -0.05) is 13.8 Å². The van der Waals surface area contributed by atoms with Crippen LogP contribution in [0.2, 0.25) is 0 Å². The van der Waals surface area contributed by atoms with Gasteiger partial charge in [0.1, 0.15) is 5.82 Å². The zero-order chi connectivity index (χ0) is 11.1. The van der Waals surface area contributed by atoms with Crippen LogP contribution in [0.5, 0.6) is 0 Å². The molecule has 1 heterocycles. The number of unbranched alkanes of at least 4 members (excludes halogenated alkanes) is 2. The molecule has 0 radical (unpaired) electrons. The average Bonchev–Trinajstić information content (AvgIpc) is 2.67. The summed E-state index contributed by atoms with van der Waals surface area (Å²) in [5.41, 5.74) is 0. The molecule has 0 aliphatic carbocycles. The SMILES string of the molecule is CCc1nc(CC)n(CCCCC#N)n1. The molecule has 0 N–H and O–H groups in total. The summed E-state index contributed by atoms with van der Waals surface area (Å²) >= 11 is 0. The molecule has 0 unspecified atom stereocenters. The second kappa shape index (κ2) is 6.18. The predicted octanol–water partition coefficient (Wildman–Crippen LogP) is 2.10. The molecule has 0 aromatic carbocycles. The number of aryl methyl sites for hydroxylation is 3. The Hall–Kier alpha value is -1.37. The Balaban J connectivity index is 2.51. The summed E-state index contributed by atoms with van der Waals surface area (Å²) in [5, 5.41) is 12.8. The molecule has 4 nitrogen and oxygen atoms in total. The van der Waals surface area contributed by atoms with Crippen molar-refractivity contribution in [1.29, 1.82) is 5.26 Å². The summed E-state index contributed by atoms with van der Waals surface area (Å²) in [7, 11) is 0. The van der Waals surface area contributed by atoms with Crippen LogP contribution in [-0.4, -0.2) is 14.8 Å². The minimum Gasteiger partial charge on any atom is -0.250 e. The zero-order valence-corrected chi connectivity index (χ0v) is 9.53. The second-order valence-corrected chi connectivity index (χ2v) is 3.49. The van der Waals surface area contributed by atoms with Crippen molar-refractivity contribution >= 4 is 0 Å². The highest BCUT2D eigenvalue weighted by Crippen LogP contribution is 2.04. The van der Waals surface area contributed by atoms with Crippen molar-refractivity contribution < 1.29 is 0 Å². The number of nitrogens with zero attached hydrogens (tertiary/aromatic N) is 4. The maximum Gasteiger partial charge on any atom is 0.150 e. The van der Waals surface area contributed by atoms with Crippen molar-refractivity contribution in [1.82, 2.24) is 14.8 Å². The van der Waals surface area contributed by atoms with Crippen LogP contribution in [0.3, 0.4) is 0 Å². The van der Waals surface area contributed by atoms with Gasteiger partial charge in [0.2, 0.25) is 0 Å². The van der Waals surface area contributed by atoms with Crippen LogP contribution in [0, 0.1) is 11.3 Å². The van der Waals surface area contributed by atoms with Gasteiger partial charge in [0.25, 0.3) is 0 Å². The van der Waals surface area contributed by atoms with E-state index >= 15 is 0 Å². The first kappa shape index (κ1) is 11.7. The first-order valence-corrected chi connectivity index (χ1v) is 5.61. The molecule has 82 valence electrons. The first-order valence-electron chi connectivity index (χ1n) is 5.61. The van der Waals surface area contributed by atoms with E-state index in [1.807, 2.05) is 4.68 Å².